The highest BCUT2D eigenvalue weighted by Gasteiger charge is 2.06. The van der Waals surface area contributed by atoms with Gasteiger partial charge in [-0.3, -0.25) is 9.78 Å². The van der Waals surface area contributed by atoms with Gasteiger partial charge in [0.15, 0.2) is 0 Å². The van der Waals surface area contributed by atoms with Gasteiger partial charge in [-0.1, -0.05) is 6.07 Å². The summed E-state index contributed by atoms with van der Waals surface area (Å²) < 4.78 is 2.51. The third kappa shape index (κ3) is 2.38. The van der Waals surface area contributed by atoms with Crippen molar-refractivity contribution in [1.82, 2.24) is 14.8 Å². The summed E-state index contributed by atoms with van der Waals surface area (Å²) in [5, 5.41) is 4.03. The first kappa shape index (κ1) is 11.5. The van der Waals surface area contributed by atoms with Crippen LogP contribution in [-0.2, 0) is 6.54 Å². The van der Waals surface area contributed by atoms with Crippen LogP contribution in [0.1, 0.15) is 5.56 Å². The first-order valence-corrected chi connectivity index (χ1v) is 6.07. The summed E-state index contributed by atoms with van der Waals surface area (Å²) >= 11 is 6.44. The van der Waals surface area contributed by atoms with E-state index in [1.54, 1.807) is 18.6 Å². The molecule has 16 heavy (non-hydrogen) atoms. The molecule has 2 aromatic heterocycles. The van der Waals surface area contributed by atoms with Gasteiger partial charge in [0.25, 0.3) is 5.56 Å². The lowest BCUT2D eigenvalue weighted by molar-refractivity contribution is 0.631. The molecule has 0 aliphatic rings. The minimum absolute atomic E-state index is 0.168. The van der Waals surface area contributed by atoms with Gasteiger partial charge >= 0.3 is 0 Å². The Bertz CT molecular complexity index is 554. The molecule has 0 aromatic carbocycles. The predicted molar refractivity (Wildman–Crippen MR) is 67.2 cm³/mol. The fourth-order valence-electron chi connectivity index (χ4n) is 1.22. The van der Waals surface area contributed by atoms with E-state index < -0.39 is 0 Å². The van der Waals surface area contributed by atoms with E-state index in [0.717, 1.165) is 5.56 Å². The predicted octanol–water partition coefficient (Wildman–Crippen LogP) is 2.21. The second kappa shape index (κ2) is 4.88. The van der Waals surface area contributed by atoms with Gasteiger partial charge in [0.2, 0.25) is 0 Å². The lowest BCUT2D eigenvalue weighted by Crippen LogP contribution is -2.24. The second-order valence-electron chi connectivity index (χ2n) is 3.13. The van der Waals surface area contributed by atoms with Crippen LogP contribution in [0.4, 0.5) is 0 Å². The lowest BCUT2D eigenvalue weighted by atomic mass is 10.3. The van der Waals surface area contributed by atoms with Crippen LogP contribution in [0.25, 0.3) is 0 Å². The van der Waals surface area contributed by atoms with E-state index in [2.05, 4.69) is 41.9 Å². The van der Waals surface area contributed by atoms with Crippen LogP contribution in [0.5, 0.6) is 0 Å². The first-order chi connectivity index (χ1) is 7.68. The molecule has 4 nitrogen and oxygen atoms in total. The minimum atomic E-state index is -0.168. The molecule has 0 fully saturated rings. The largest absolute Gasteiger partial charge is 0.282 e. The van der Waals surface area contributed by atoms with Crippen molar-refractivity contribution in [2.45, 2.75) is 6.54 Å². The van der Waals surface area contributed by atoms with Gasteiger partial charge in [-0.15, -0.1) is 0 Å². The standard InChI is InChI=1S/C10H7Br2N3O/c11-8-5-14-15(10(16)9(8)12)6-7-2-1-3-13-4-7/h1-5H,6H2. The quantitative estimate of drug-likeness (QED) is 0.839. The maximum Gasteiger partial charge on any atom is 0.282 e. The highest BCUT2D eigenvalue weighted by atomic mass is 79.9. The van der Waals surface area contributed by atoms with Crippen LogP contribution >= 0.6 is 31.9 Å². The number of hydrogen-bond donors (Lipinski definition) is 0. The van der Waals surface area contributed by atoms with Crippen molar-refractivity contribution >= 4 is 31.9 Å². The van der Waals surface area contributed by atoms with Crippen molar-refractivity contribution in [1.29, 1.82) is 0 Å². The fourth-order valence-corrected chi connectivity index (χ4v) is 1.79. The highest BCUT2D eigenvalue weighted by molar-refractivity contribution is 9.13. The molecule has 0 N–H and O–H groups in total. The van der Waals surface area contributed by atoms with Crippen molar-refractivity contribution in [2.24, 2.45) is 0 Å². The zero-order valence-corrected chi connectivity index (χ0v) is 11.3. The van der Waals surface area contributed by atoms with Crippen molar-refractivity contribution in [3.05, 3.63) is 55.6 Å². The molecule has 0 aliphatic heterocycles. The molecule has 6 heteroatoms. The molecule has 2 aromatic rings. The average Bonchev–Trinajstić information content (AvgIpc) is 2.31. The van der Waals surface area contributed by atoms with E-state index in [-0.39, 0.29) is 5.56 Å². The summed E-state index contributed by atoms with van der Waals surface area (Å²) in [7, 11) is 0. The van der Waals surface area contributed by atoms with Crippen LogP contribution in [0, 0.1) is 0 Å². The van der Waals surface area contributed by atoms with Gasteiger partial charge in [0.05, 0.1) is 17.2 Å². The van der Waals surface area contributed by atoms with Gasteiger partial charge in [0.1, 0.15) is 4.47 Å². The fraction of sp³-hybridized carbons (Fsp3) is 0.100. The molecule has 2 heterocycles. The Balaban J connectivity index is 2.37. The second-order valence-corrected chi connectivity index (χ2v) is 4.78. The van der Waals surface area contributed by atoms with E-state index in [9.17, 15) is 4.79 Å². The Labute approximate surface area is 109 Å². The Morgan fingerprint density at radius 1 is 1.31 bits per heavy atom. The third-order valence-electron chi connectivity index (χ3n) is 2.00. The SMILES string of the molecule is O=c1c(Br)c(Br)cnn1Cc1cccnc1. The van der Waals surface area contributed by atoms with Gasteiger partial charge in [-0.25, -0.2) is 4.68 Å². The molecule has 0 saturated heterocycles. The van der Waals surface area contributed by atoms with Gasteiger partial charge in [-0.2, -0.15) is 5.10 Å². The normalized spacial score (nSPS) is 10.4. The van der Waals surface area contributed by atoms with E-state index in [4.69, 9.17) is 0 Å². The van der Waals surface area contributed by atoms with Crippen molar-refractivity contribution in [2.75, 3.05) is 0 Å². The Morgan fingerprint density at radius 2 is 2.12 bits per heavy atom. The van der Waals surface area contributed by atoms with Crippen molar-refractivity contribution in [3.8, 4) is 0 Å². The Kier molecular flexibility index (Phi) is 3.50. The smallest absolute Gasteiger partial charge is 0.266 e. The molecule has 0 amide bonds. The lowest BCUT2D eigenvalue weighted by Gasteiger charge is -2.05. The Hall–Kier alpha value is -1.01. The Morgan fingerprint density at radius 3 is 2.81 bits per heavy atom. The molecule has 0 radical (unpaired) electrons. The monoisotopic (exact) mass is 343 g/mol. The molecule has 0 saturated carbocycles. The number of nitrogens with zero attached hydrogens (tertiary/aromatic N) is 3. The summed E-state index contributed by atoms with van der Waals surface area (Å²) in [5.41, 5.74) is 0.768. The summed E-state index contributed by atoms with van der Waals surface area (Å²) in [5.74, 6) is 0. The maximum absolute atomic E-state index is 11.8. The van der Waals surface area contributed by atoms with Crippen LogP contribution in [0.15, 0.2) is 44.5 Å². The molecule has 0 unspecified atom stereocenters. The number of rotatable bonds is 2. The summed E-state index contributed by atoms with van der Waals surface area (Å²) in [6.45, 7) is 0.415. The van der Waals surface area contributed by atoms with Crippen molar-refractivity contribution in [3.63, 3.8) is 0 Å². The molecule has 82 valence electrons. The topological polar surface area (TPSA) is 47.8 Å². The summed E-state index contributed by atoms with van der Waals surface area (Å²) in [4.78, 5) is 15.8. The van der Waals surface area contributed by atoms with E-state index in [1.165, 1.54) is 4.68 Å². The van der Waals surface area contributed by atoms with Crippen LogP contribution in [0.3, 0.4) is 0 Å². The van der Waals surface area contributed by atoms with Gasteiger partial charge in [0, 0.05) is 12.4 Å². The minimum Gasteiger partial charge on any atom is -0.266 e. The first-order valence-electron chi connectivity index (χ1n) is 4.48. The zero-order chi connectivity index (χ0) is 11.5. The molecule has 0 spiro atoms. The molecular weight excluding hydrogens is 338 g/mol. The third-order valence-corrected chi connectivity index (χ3v) is 3.90. The van der Waals surface area contributed by atoms with Crippen molar-refractivity contribution < 1.29 is 0 Å². The molecule has 0 atom stereocenters. The zero-order valence-electron chi connectivity index (χ0n) is 8.10. The van der Waals surface area contributed by atoms with Gasteiger partial charge < -0.3 is 0 Å². The number of pyridine rings is 1. The summed E-state index contributed by atoms with van der Waals surface area (Å²) in [6, 6.07) is 3.73. The molecular formula is C10H7Br2N3O. The van der Waals surface area contributed by atoms with E-state index in [1.807, 2.05) is 12.1 Å². The molecule has 0 bridgehead atoms. The highest BCUT2D eigenvalue weighted by Crippen LogP contribution is 2.16. The van der Waals surface area contributed by atoms with E-state index >= 15 is 0 Å². The average molecular weight is 345 g/mol. The van der Waals surface area contributed by atoms with Crippen LogP contribution < -0.4 is 5.56 Å². The molecule has 2 rings (SSSR count). The van der Waals surface area contributed by atoms with Crippen LogP contribution in [0.2, 0.25) is 0 Å². The number of aromatic nitrogens is 3. The summed E-state index contributed by atoms with van der Waals surface area (Å²) in [6.07, 6.45) is 4.99. The maximum atomic E-state index is 11.8. The molecule has 0 aliphatic carbocycles. The van der Waals surface area contributed by atoms with Crippen LogP contribution in [-0.4, -0.2) is 14.8 Å². The van der Waals surface area contributed by atoms with Gasteiger partial charge in [-0.05, 0) is 43.5 Å². The number of hydrogen-bond acceptors (Lipinski definition) is 3. The number of halogens is 2. The van der Waals surface area contributed by atoms with E-state index in [0.29, 0.717) is 15.5 Å².